The summed E-state index contributed by atoms with van der Waals surface area (Å²) in [6.07, 6.45) is 0.266. The molecule has 0 unspecified atom stereocenters. The van der Waals surface area contributed by atoms with Crippen LogP contribution in [0.2, 0.25) is 0 Å². The van der Waals surface area contributed by atoms with E-state index in [1.54, 1.807) is 12.1 Å². The van der Waals surface area contributed by atoms with Gasteiger partial charge in [0.2, 0.25) is 21.8 Å². The van der Waals surface area contributed by atoms with Crippen LogP contribution in [0.15, 0.2) is 46.2 Å². The SMILES string of the molecule is Cc1ccc(NC(=O)CN2C(=O)CCSc3ccc(S(=O)(=O)N4CCOCC4)cc32)cc1C. The van der Waals surface area contributed by atoms with Crippen molar-refractivity contribution in [3.63, 3.8) is 0 Å². The number of hydrogen-bond acceptors (Lipinski definition) is 6. The van der Waals surface area contributed by atoms with Gasteiger partial charge in [0.25, 0.3) is 0 Å². The lowest BCUT2D eigenvalue weighted by Gasteiger charge is -2.27. The molecule has 0 bridgehead atoms. The summed E-state index contributed by atoms with van der Waals surface area (Å²) in [6.45, 7) is 5.04. The van der Waals surface area contributed by atoms with Crippen molar-refractivity contribution in [2.75, 3.05) is 48.8 Å². The lowest BCUT2D eigenvalue weighted by Crippen LogP contribution is -2.41. The number of carbonyl (C=O) groups excluding carboxylic acids is 2. The van der Waals surface area contributed by atoms with Crippen LogP contribution in [0.3, 0.4) is 0 Å². The topological polar surface area (TPSA) is 96.0 Å². The van der Waals surface area contributed by atoms with Crippen molar-refractivity contribution in [3.05, 3.63) is 47.5 Å². The number of thioether (sulfide) groups is 1. The lowest BCUT2D eigenvalue weighted by molar-refractivity contribution is -0.121. The monoisotopic (exact) mass is 489 g/mol. The second kappa shape index (κ2) is 9.84. The molecule has 2 aromatic carbocycles. The largest absolute Gasteiger partial charge is 0.379 e. The molecule has 10 heteroatoms. The molecule has 0 atom stereocenters. The number of ether oxygens (including phenoxy) is 1. The third-order valence-electron chi connectivity index (χ3n) is 5.80. The number of anilines is 2. The number of aryl methyl sites for hydroxylation is 2. The number of sulfonamides is 1. The second-order valence-electron chi connectivity index (χ2n) is 8.07. The Hall–Kier alpha value is -2.40. The van der Waals surface area contributed by atoms with Crippen molar-refractivity contribution in [2.45, 2.75) is 30.1 Å². The maximum atomic E-state index is 13.2. The molecule has 33 heavy (non-hydrogen) atoms. The summed E-state index contributed by atoms with van der Waals surface area (Å²) in [5, 5.41) is 2.85. The Kier molecular flexibility index (Phi) is 7.08. The Morgan fingerprint density at radius 1 is 1.09 bits per heavy atom. The first kappa shape index (κ1) is 23.7. The van der Waals surface area contributed by atoms with Crippen LogP contribution in [0.5, 0.6) is 0 Å². The van der Waals surface area contributed by atoms with Crippen molar-refractivity contribution >= 4 is 45.0 Å². The molecule has 2 aliphatic rings. The van der Waals surface area contributed by atoms with Crippen LogP contribution in [0.25, 0.3) is 0 Å². The van der Waals surface area contributed by atoms with Crippen molar-refractivity contribution < 1.29 is 22.7 Å². The molecule has 1 N–H and O–H groups in total. The molecule has 0 spiro atoms. The molecule has 2 amide bonds. The summed E-state index contributed by atoms with van der Waals surface area (Å²) in [5.41, 5.74) is 3.28. The van der Waals surface area contributed by atoms with Crippen molar-refractivity contribution in [2.24, 2.45) is 0 Å². The second-order valence-corrected chi connectivity index (χ2v) is 11.1. The van der Waals surface area contributed by atoms with E-state index < -0.39 is 10.0 Å². The standard InChI is InChI=1S/C23H27N3O5S2/c1-16-3-4-18(13-17(16)2)24-22(27)15-26-20-14-19(5-6-21(20)32-12-7-23(26)28)33(29,30)25-8-10-31-11-9-25/h3-6,13-14H,7-12,15H2,1-2H3,(H,24,27). The van der Waals surface area contributed by atoms with E-state index in [-0.39, 0.29) is 42.8 Å². The van der Waals surface area contributed by atoms with E-state index in [0.717, 1.165) is 16.0 Å². The van der Waals surface area contributed by atoms with E-state index in [1.165, 1.54) is 27.0 Å². The maximum absolute atomic E-state index is 13.2. The minimum absolute atomic E-state index is 0.109. The summed E-state index contributed by atoms with van der Waals surface area (Å²) in [4.78, 5) is 28.0. The number of nitrogens with zero attached hydrogens (tertiary/aromatic N) is 2. The first-order valence-corrected chi connectivity index (χ1v) is 13.2. The number of amides is 2. The molecule has 176 valence electrons. The number of benzene rings is 2. The highest BCUT2D eigenvalue weighted by Gasteiger charge is 2.30. The molecule has 4 rings (SSSR count). The van der Waals surface area contributed by atoms with Gasteiger partial charge in [0.15, 0.2) is 0 Å². The Bertz CT molecular complexity index is 1180. The third kappa shape index (κ3) is 5.24. The molecule has 1 saturated heterocycles. The van der Waals surface area contributed by atoms with Gasteiger partial charge in [-0.25, -0.2) is 8.42 Å². The van der Waals surface area contributed by atoms with E-state index in [1.807, 2.05) is 32.0 Å². The molecule has 0 radical (unpaired) electrons. The summed E-state index contributed by atoms with van der Waals surface area (Å²) in [7, 11) is -3.73. The van der Waals surface area contributed by atoms with Crippen molar-refractivity contribution in [1.29, 1.82) is 0 Å². The predicted octanol–water partition coefficient (Wildman–Crippen LogP) is 2.79. The van der Waals surface area contributed by atoms with Crippen LogP contribution >= 0.6 is 11.8 Å². The Morgan fingerprint density at radius 3 is 2.58 bits per heavy atom. The third-order valence-corrected chi connectivity index (χ3v) is 8.76. The molecular formula is C23H27N3O5S2. The number of fused-ring (bicyclic) bond motifs is 1. The van der Waals surface area contributed by atoms with Gasteiger partial charge in [-0.2, -0.15) is 4.31 Å². The zero-order valence-electron chi connectivity index (χ0n) is 18.7. The van der Waals surface area contributed by atoms with Gasteiger partial charge in [0.1, 0.15) is 6.54 Å². The predicted molar refractivity (Wildman–Crippen MR) is 128 cm³/mol. The summed E-state index contributed by atoms with van der Waals surface area (Å²) < 4.78 is 33.0. The molecule has 2 heterocycles. The number of morpholine rings is 1. The fourth-order valence-corrected chi connectivity index (χ4v) is 6.19. The molecule has 8 nitrogen and oxygen atoms in total. The van der Waals surface area contributed by atoms with Gasteiger partial charge in [-0.3, -0.25) is 9.59 Å². The number of nitrogens with one attached hydrogen (secondary N) is 1. The average Bonchev–Trinajstić information content (AvgIpc) is 2.95. The highest BCUT2D eigenvalue weighted by molar-refractivity contribution is 7.99. The van der Waals surface area contributed by atoms with Gasteiger partial charge >= 0.3 is 0 Å². The summed E-state index contributed by atoms with van der Waals surface area (Å²) in [6, 6.07) is 10.4. The van der Waals surface area contributed by atoms with Crippen LogP contribution in [-0.4, -0.2) is 63.1 Å². The fourth-order valence-electron chi connectivity index (χ4n) is 3.78. The molecule has 1 fully saturated rings. The van der Waals surface area contributed by atoms with E-state index in [0.29, 0.717) is 30.3 Å². The van der Waals surface area contributed by atoms with Crippen LogP contribution in [0, 0.1) is 13.8 Å². The van der Waals surface area contributed by atoms with Crippen molar-refractivity contribution in [3.8, 4) is 0 Å². The number of carbonyl (C=O) groups is 2. The summed E-state index contributed by atoms with van der Waals surface area (Å²) >= 11 is 1.48. The highest BCUT2D eigenvalue weighted by atomic mass is 32.2. The quantitative estimate of drug-likeness (QED) is 0.694. The van der Waals surface area contributed by atoms with Crippen LogP contribution in [0.4, 0.5) is 11.4 Å². The molecule has 2 aliphatic heterocycles. The molecule has 0 aromatic heterocycles. The average molecular weight is 490 g/mol. The Balaban J connectivity index is 1.61. The normalized spacial score (nSPS) is 17.4. The van der Waals surface area contributed by atoms with Gasteiger partial charge in [-0.05, 0) is 55.3 Å². The smallest absolute Gasteiger partial charge is 0.244 e. The first-order chi connectivity index (χ1) is 15.8. The minimum Gasteiger partial charge on any atom is -0.379 e. The van der Waals surface area contributed by atoms with E-state index in [2.05, 4.69) is 5.32 Å². The van der Waals surface area contributed by atoms with Crippen LogP contribution < -0.4 is 10.2 Å². The van der Waals surface area contributed by atoms with E-state index >= 15 is 0 Å². The minimum atomic E-state index is -3.73. The molecule has 0 saturated carbocycles. The maximum Gasteiger partial charge on any atom is 0.244 e. The lowest BCUT2D eigenvalue weighted by atomic mass is 10.1. The van der Waals surface area contributed by atoms with Gasteiger partial charge in [0, 0.05) is 35.8 Å². The number of hydrogen-bond donors (Lipinski definition) is 1. The Morgan fingerprint density at radius 2 is 1.85 bits per heavy atom. The van der Waals surface area contributed by atoms with Crippen LogP contribution in [0.1, 0.15) is 17.5 Å². The van der Waals surface area contributed by atoms with Crippen molar-refractivity contribution in [1.82, 2.24) is 4.31 Å². The zero-order chi connectivity index (χ0) is 23.6. The zero-order valence-corrected chi connectivity index (χ0v) is 20.3. The fraction of sp³-hybridized carbons (Fsp3) is 0.391. The van der Waals surface area contributed by atoms with E-state index in [4.69, 9.17) is 4.74 Å². The van der Waals surface area contributed by atoms with Gasteiger partial charge in [-0.15, -0.1) is 11.8 Å². The van der Waals surface area contributed by atoms with Gasteiger partial charge in [0.05, 0.1) is 23.8 Å². The van der Waals surface area contributed by atoms with Gasteiger partial charge in [-0.1, -0.05) is 6.07 Å². The number of rotatable bonds is 5. The Labute approximate surface area is 198 Å². The molecule has 0 aliphatic carbocycles. The van der Waals surface area contributed by atoms with E-state index in [9.17, 15) is 18.0 Å². The summed E-state index contributed by atoms with van der Waals surface area (Å²) in [5.74, 6) is 0.0136. The van der Waals surface area contributed by atoms with Crippen LogP contribution in [-0.2, 0) is 24.3 Å². The van der Waals surface area contributed by atoms with Gasteiger partial charge < -0.3 is 15.0 Å². The molecular weight excluding hydrogens is 462 g/mol. The first-order valence-electron chi connectivity index (χ1n) is 10.8. The molecule has 2 aromatic rings. The highest BCUT2D eigenvalue weighted by Crippen LogP contribution is 2.36.